The van der Waals surface area contributed by atoms with E-state index < -0.39 is 0 Å². The summed E-state index contributed by atoms with van der Waals surface area (Å²) in [5, 5.41) is 0. The predicted octanol–water partition coefficient (Wildman–Crippen LogP) is 2.00. The second kappa shape index (κ2) is 6.68. The Labute approximate surface area is 122 Å². The van der Waals surface area contributed by atoms with Crippen LogP contribution in [0.4, 0.5) is 0 Å². The number of rotatable bonds is 5. The SMILES string of the molecule is CCC(C)(C(NN)c1ccccc1C)N1CCOCC1. The minimum Gasteiger partial charge on any atom is -0.379 e. The molecule has 0 aliphatic carbocycles. The van der Waals surface area contributed by atoms with Crippen molar-refractivity contribution in [3.05, 3.63) is 35.4 Å². The molecule has 0 spiro atoms. The normalized spacial score (nSPS) is 21.4. The zero-order valence-corrected chi connectivity index (χ0v) is 12.9. The van der Waals surface area contributed by atoms with Crippen molar-refractivity contribution in [1.29, 1.82) is 0 Å². The monoisotopic (exact) mass is 277 g/mol. The maximum Gasteiger partial charge on any atom is 0.0643 e. The van der Waals surface area contributed by atoms with E-state index in [2.05, 4.69) is 55.4 Å². The molecule has 0 radical (unpaired) electrons. The molecule has 2 atom stereocenters. The maximum absolute atomic E-state index is 5.93. The number of nitrogens with two attached hydrogens (primary N) is 1. The summed E-state index contributed by atoms with van der Waals surface area (Å²) in [5.41, 5.74) is 5.62. The van der Waals surface area contributed by atoms with Crippen LogP contribution in [0.2, 0.25) is 0 Å². The minimum atomic E-state index is -0.00928. The number of hydrazine groups is 1. The molecule has 1 saturated heterocycles. The lowest BCUT2D eigenvalue weighted by Crippen LogP contribution is -2.58. The lowest BCUT2D eigenvalue weighted by Gasteiger charge is -2.48. The Morgan fingerprint density at radius 3 is 2.55 bits per heavy atom. The molecule has 0 saturated carbocycles. The fraction of sp³-hybridized carbons (Fsp3) is 0.625. The quantitative estimate of drug-likeness (QED) is 0.638. The molecule has 1 aliphatic rings. The molecule has 112 valence electrons. The van der Waals surface area contributed by atoms with Crippen LogP contribution in [0.5, 0.6) is 0 Å². The summed E-state index contributed by atoms with van der Waals surface area (Å²) < 4.78 is 5.49. The van der Waals surface area contributed by atoms with Crippen LogP contribution in [0, 0.1) is 6.92 Å². The van der Waals surface area contributed by atoms with Crippen molar-refractivity contribution in [3.63, 3.8) is 0 Å². The molecule has 1 aliphatic heterocycles. The van der Waals surface area contributed by atoms with Crippen molar-refractivity contribution in [2.45, 2.75) is 38.8 Å². The summed E-state index contributed by atoms with van der Waals surface area (Å²) in [4.78, 5) is 2.51. The van der Waals surface area contributed by atoms with Crippen LogP contribution in [0.25, 0.3) is 0 Å². The summed E-state index contributed by atoms with van der Waals surface area (Å²) in [6.45, 7) is 10.2. The van der Waals surface area contributed by atoms with E-state index in [4.69, 9.17) is 10.6 Å². The second-order valence-electron chi connectivity index (χ2n) is 5.77. The number of morpholine rings is 1. The van der Waals surface area contributed by atoms with Gasteiger partial charge in [-0.2, -0.15) is 0 Å². The van der Waals surface area contributed by atoms with Gasteiger partial charge in [-0.05, 0) is 31.4 Å². The van der Waals surface area contributed by atoms with Gasteiger partial charge in [0, 0.05) is 18.6 Å². The predicted molar refractivity (Wildman–Crippen MR) is 82.3 cm³/mol. The molecular formula is C16H27N3O. The molecule has 1 heterocycles. The molecule has 1 aromatic carbocycles. The smallest absolute Gasteiger partial charge is 0.0643 e. The number of nitrogens with one attached hydrogen (secondary N) is 1. The van der Waals surface area contributed by atoms with Crippen molar-refractivity contribution in [1.82, 2.24) is 10.3 Å². The van der Waals surface area contributed by atoms with Gasteiger partial charge in [0.05, 0.1) is 19.3 Å². The first-order valence-corrected chi connectivity index (χ1v) is 7.48. The first-order chi connectivity index (χ1) is 9.63. The lowest BCUT2D eigenvalue weighted by atomic mass is 9.81. The summed E-state index contributed by atoms with van der Waals surface area (Å²) in [5.74, 6) is 5.93. The number of hydrogen-bond donors (Lipinski definition) is 2. The third-order valence-electron chi connectivity index (χ3n) is 4.74. The molecule has 3 N–H and O–H groups in total. The molecule has 0 amide bonds. The second-order valence-corrected chi connectivity index (χ2v) is 5.77. The molecule has 2 unspecified atom stereocenters. The summed E-state index contributed by atoms with van der Waals surface area (Å²) >= 11 is 0. The third-order valence-corrected chi connectivity index (χ3v) is 4.74. The van der Waals surface area contributed by atoms with E-state index in [-0.39, 0.29) is 11.6 Å². The van der Waals surface area contributed by atoms with Crippen molar-refractivity contribution in [2.24, 2.45) is 5.84 Å². The summed E-state index contributed by atoms with van der Waals surface area (Å²) in [6.07, 6.45) is 1.04. The van der Waals surface area contributed by atoms with Crippen molar-refractivity contribution in [2.75, 3.05) is 26.3 Å². The Hall–Kier alpha value is -0.940. The molecule has 4 nitrogen and oxygen atoms in total. The van der Waals surface area contributed by atoms with E-state index in [1.54, 1.807) is 0 Å². The fourth-order valence-corrected chi connectivity index (χ4v) is 3.20. The zero-order chi connectivity index (χ0) is 14.6. The fourth-order valence-electron chi connectivity index (χ4n) is 3.20. The summed E-state index contributed by atoms with van der Waals surface area (Å²) in [6, 6.07) is 8.60. The van der Waals surface area contributed by atoms with Gasteiger partial charge in [-0.15, -0.1) is 0 Å². The Bertz CT molecular complexity index is 431. The third kappa shape index (κ3) is 2.88. The van der Waals surface area contributed by atoms with Gasteiger partial charge in [0.25, 0.3) is 0 Å². The highest BCUT2D eigenvalue weighted by Gasteiger charge is 2.39. The van der Waals surface area contributed by atoms with Crippen molar-refractivity contribution < 1.29 is 4.74 Å². The Kier molecular flexibility index (Phi) is 5.16. The van der Waals surface area contributed by atoms with E-state index in [9.17, 15) is 0 Å². The molecule has 1 fully saturated rings. The highest BCUT2D eigenvalue weighted by molar-refractivity contribution is 5.31. The number of nitrogens with zero attached hydrogens (tertiary/aromatic N) is 1. The first-order valence-electron chi connectivity index (χ1n) is 7.48. The molecule has 1 aromatic rings. The van der Waals surface area contributed by atoms with Crippen LogP contribution in [0.15, 0.2) is 24.3 Å². The van der Waals surface area contributed by atoms with Crippen LogP contribution in [-0.4, -0.2) is 36.7 Å². The number of ether oxygens (including phenoxy) is 1. The van der Waals surface area contributed by atoms with Gasteiger partial charge >= 0.3 is 0 Å². The highest BCUT2D eigenvalue weighted by atomic mass is 16.5. The molecule has 4 heteroatoms. The molecular weight excluding hydrogens is 250 g/mol. The van der Waals surface area contributed by atoms with E-state index in [0.29, 0.717) is 0 Å². The standard InChI is InChI=1S/C16H27N3O/c1-4-16(3,19-9-11-20-12-10-19)15(18-17)14-8-6-5-7-13(14)2/h5-8,15,18H,4,9-12,17H2,1-3H3. The Morgan fingerprint density at radius 2 is 2.00 bits per heavy atom. The van der Waals surface area contributed by atoms with Gasteiger partial charge in [-0.25, -0.2) is 0 Å². The van der Waals surface area contributed by atoms with E-state index in [1.165, 1.54) is 11.1 Å². The van der Waals surface area contributed by atoms with Crippen LogP contribution >= 0.6 is 0 Å². The zero-order valence-electron chi connectivity index (χ0n) is 12.9. The topological polar surface area (TPSA) is 50.5 Å². The van der Waals surface area contributed by atoms with Gasteiger partial charge in [0.1, 0.15) is 0 Å². The van der Waals surface area contributed by atoms with Gasteiger partial charge in [0.2, 0.25) is 0 Å². The van der Waals surface area contributed by atoms with E-state index >= 15 is 0 Å². The molecule has 20 heavy (non-hydrogen) atoms. The average Bonchev–Trinajstić information content (AvgIpc) is 2.50. The lowest BCUT2D eigenvalue weighted by molar-refractivity contribution is -0.0330. The average molecular weight is 277 g/mol. The largest absolute Gasteiger partial charge is 0.379 e. The van der Waals surface area contributed by atoms with Gasteiger partial charge in [0.15, 0.2) is 0 Å². The summed E-state index contributed by atoms with van der Waals surface area (Å²) in [7, 11) is 0. The number of aryl methyl sites for hydroxylation is 1. The first kappa shape index (κ1) is 15.4. The number of hydrogen-bond acceptors (Lipinski definition) is 4. The molecule has 0 bridgehead atoms. The number of benzene rings is 1. The molecule has 2 rings (SSSR count). The highest BCUT2D eigenvalue weighted by Crippen LogP contribution is 2.35. The van der Waals surface area contributed by atoms with Crippen LogP contribution in [0.3, 0.4) is 0 Å². The Morgan fingerprint density at radius 1 is 1.35 bits per heavy atom. The maximum atomic E-state index is 5.93. The minimum absolute atomic E-state index is 0.00928. The van der Waals surface area contributed by atoms with Gasteiger partial charge < -0.3 is 4.74 Å². The molecule has 0 aromatic heterocycles. The van der Waals surface area contributed by atoms with E-state index in [0.717, 1.165) is 32.7 Å². The van der Waals surface area contributed by atoms with Crippen molar-refractivity contribution in [3.8, 4) is 0 Å². The van der Waals surface area contributed by atoms with Crippen LogP contribution < -0.4 is 11.3 Å². The van der Waals surface area contributed by atoms with Gasteiger partial charge in [-0.3, -0.25) is 16.2 Å². The van der Waals surface area contributed by atoms with Crippen LogP contribution in [-0.2, 0) is 4.74 Å². The van der Waals surface area contributed by atoms with E-state index in [1.807, 2.05) is 0 Å². The van der Waals surface area contributed by atoms with Crippen LogP contribution in [0.1, 0.15) is 37.4 Å². The van der Waals surface area contributed by atoms with Crippen molar-refractivity contribution >= 4 is 0 Å². The van der Waals surface area contributed by atoms with Gasteiger partial charge in [-0.1, -0.05) is 31.2 Å². The Balaban J connectivity index is 2.33.